The van der Waals surface area contributed by atoms with Gasteiger partial charge in [0, 0.05) is 41.4 Å². The van der Waals surface area contributed by atoms with Crippen LogP contribution in [-0.4, -0.2) is 15.6 Å². The number of nitrogens with zero attached hydrogens (tertiary/aromatic N) is 4. The Morgan fingerprint density at radius 2 is 1.07 bits per heavy atom. The quantitative estimate of drug-likeness (QED) is 0.0955. The number of rotatable bonds is 11. The maximum absolute atomic E-state index is 15.6. The molecule has 0 radical (unpaired) electrons. The predicted octanol–water partition coefficient (Wildman–Crippen LogP) is 20.2. The molecule has 3 heterocycles. The Bertz CT molecular complexity index is 4300. The molecule has 408 valence electrons. The van der Waals surface area contributed by atoms with Crippen LogP contribution in [0.25, 0.3) is 72.1 Å². The summed E-state index contributed by atoms with van der Waals surface area (Å²) in [4.78, 5) is 4.92. The summed E-state index contributed by atoms with van der Waals surface area (Å²) in [5.74, 6) is 0.962. The van der Waals surface area contributed by atoms with Gasteiger partial charge in [0.05, 0.1) is 11.1 Å². The zero-order valence-electron chi connectivity index (χ0n) is 47.9. The van der Waals surface area contributed by atoms with Crippen LogP contribution in [0.5, 0.6) is 11.5 Å². The van der Waals surface area contributed by atoms with Crippen LogP contribution in [0.3, 0.4) is 0 Å². The second kappa shape index (κ2) is 21.9. The van der Waals surface area contributed by atoms with Crippen molar-refractivity contribution >= 4 is 50.6 Å². The van der Waals surface area contributed by atoms with E-state index >= 15 is 8.78 Å². The van der Waals surface area contributed by atoms with Gasteiger partial charge in [0.15, 0.2) is 0 Å². The van der Waals surface area contributed by atoms with Gasteiger partial charge in [-0.25, -0.2) is 13.8 Å². The molecule has 2 aromatic heterocycles. The van der Waals surface area contributed by atoms with Gasteiger partial charge in [0.1, 0.15) is 23.1 Å². The molecule has 9 aromatic carbocycles. The van der Waals surface area contributed by atoms with Crippen molar-refractivity contribution < 1.29 is 34.6 Å². The Morgan fingerprint density at radius 3 is 1.71 bits per heavy atom. The molecule has 0 aliphatic carbocycles. The van der Waals surface area contributed by atoms with Gasteiger partial charge in [-0.15, -0.1) is 29.1 Å². The second-order valence-electron chi connectivity index (χ2n) is 24.0. The third kappa shape index (κ3) is 10.7. The number of aromatic nitrogens is 2. The molecular weight excluding hydrogens is 1190 g/mol. The summed E-state index contributed by atoms with van der Waals surface area (Å²) in [5.41, 5.74) is 16.2. The molecule has 0 atom stereocenters. The van der Waals surface area contributed by atoms with E-state index in [0.29, 0.717) is 28.3 Å². The van der Waals surface area contributed by atoms with Gasteiger partial charge in [0.25, 0.3) is 11.4 Å². The third-order valence-corrected chi connectivity index (χ3v) is 15.6. The molecule has 0 amide bonds. The summed E-state index contributed by atoms with van der Waals surface area (Å²) >= 11 is 0. The van der Waals surface area contributed by atoms with Crippen LogP contribution in [0.15, 0.2) is 194 Å². The van der Waals surface area contributed by atoms with Gasteiger partial charge in [-0.2, -0.15) is 6.07 Å². The van der Waals surface area contributed by atoms with Crippen LogP contribution in [0.4, 0.5) is 31.5 Å². The predicted molar refractivity (Wildman–Crippen MR) is 331 cm³/mol. The number of hydrogen-bond donors (Lipinski definition) is 0. The third-order valence-electron chi connectivity index (χ3n) is 15.6. The van der Waals surface area contributed by atoms with Gasteiger partial charge in [-0.05, 0) is 125 Å². The van der Waals surface area contributed by atoms with E-state index in [4.69, 9.17) is 9.72 Å². The number of benzene rings is 9. The Morgan fingerprint density at radius 1 is 0.500 bits per heavy atom. The van der Waals surface area contributed by atoms with Crippen molar-refractivity contribution in [1.82, 2.24) is 18.7 Å². The van der Waals surface area contributed by atoms with Crippen LogP contribution in [0, 0.1) is 23.8 Å². The maximum atomic E-state index is 15.6. The molecule has 8 heteroatoms. The number of para-hydroxylation sites is 3. The Labute approximate surface area is 494 Å². The van der Waals surface area contributed by atoms with Crippen molar-refractivity contribution in [2.24, 2.45) is 0 Å². The molecular formula is C74H64F2N4OPt+2. The fourth-order valence-electron chi connectivity index (χ4n) is 11.0. The van der Waals surface area contributed by atoms with Crippen molar-refractivity contribution in [1.29, 1.82) is 0 Å². The maximum Gasteiger partial charge on any atom is 2.00 e. The summed E-state index contributed by atoms with van der Waals surface area (Å²) in [6.07, 6.45) is 1.88. The van der Waals surface area contributed by atoms with Gasteiger partial charge in [0.2, 0.25) is 5.69 Å². The average Bonchev–Trinajstić information content (AvgIpc) is 4.17. The van der Waals surface area contributed by atoms with Crippen molar-refractivity contribution in [2.45, 2.75) is 91.9 Å². The van der Waals surface area contributed by atoms with Crippen molar-refractivity contribution in [3.05, 3.63) is 240 Å². The summed E-state index contributed by atoms with van der Waals surface area (Å²) in [7, 11) is 0. The van der Waals surface area contributed by atoms with Crippen LogP contribution < -0.4 is 13.9 Å². The standard InChI is InChI=1S/C74H64F2N4O.Pt/c1-46(2)51-32-52(47(3)4)34-54(33-51)65-39-57(74(8,9)10)40-66(55-35-58(75)42-59(76)36-55)72(65)79-45-78(68-22-16-17-23-69(68)79)60-37-53(50-26-24-49(25-27-50)48-18-12-11-13-19-48)38-62(43-60)81-61-28-29-64-63-20-14-15-21-67(63)80(70(64)44-61)71-41-56(30-31-77-71)73(5,6)7;/h11-42,46-47H,1-10H3;/q;+2. The normalized spacial score (nSPS) is 12.5. The minimum absolute atomic E-state index is 0. The molecule has 0 bridgehead atoms. The summed E-state index contributed by atoms with van der Waals surface area (Å²) < 4.78 is 44.5. The second-order valence-corrected chi connectivity index (χ2v) is 24.0. The smallest absolute Gasteiger partial charge is 0.509 e. The van der Waals surface area contributed by atoms with E-state index < -0.39 is 11.6 Å². The van der Waals surface area contributed by atoms with E-state index in [9.17, 15) is 0 Å². The number of halogens is 2. The molecule has 0 N–H and O–H groups in total. The fraction of sp³-hybridized carbons (Fsp3) is 0.189. The van der Waals surface area contributed by atoms with Gasteiger partial charge < -0.3 is 9.30 Å². The van der Waals surface area contributed by atoms with Crippen LogP contribution in [-0.2, 0) is 31.9 Å². The molecule has 82 heavy (non-hydrogen) atoms. The van der Waals surface area contributed by atoms with Crippen LogP contribution in [0.1, 0.15) is 103 Å². The SMILES string of the molecule is CC(C)c1cc(-c2cc(C(C)(C)C)cc(-c3cc(F)cc(F)c3)c2[N+]2=C=[N+](c3[c-]c(Oc4[c-]c5c(cc4)c4ccccc4n5-c4cc(C(C)(C)C)ccn4)cc(-c4ccc(-c5ccccc5)cc4)c3)c3ccccc32)cc(C(C)C)c1.[Pt+2]. The van der Waals surface area contributed by atoms with E-state index in [0.717, 1.165) is 89.7 Å². The number of fused-ring (bicyclic) bond motifs is 4. The van der Waals surface area contributed by atoms with Crippen molar-refractivity contribution in [3.63, 3.8) is 0 Å². The largest absolute Gasteiger partial charge is 2.00 e. The first-order valence-corrected chi connectivity index (χ1v) is 27.9. The molecule has 0 saturated carbocycles. The molecule has 0 spiro atoms. The Kier molecular flexibility index (Phi) is 14.8. The molecule has 1 aliphatic rings. The topological polar surface area (TPSA) is 33.1 Å². The number of ether oxygens (including phenoxy) is 1. The van der Waals surface area contributed by atoms with Gasteiger partial charge in [-0.1, -0.05) is 195 Å². The molecule has 0 unspecified atom stereocenters. The van der Waals surface area contributed by atoms with E-state index in [1.54, 1.807) is 0 Å². The van der Waals surface area contributed by atoms with Crippen molar-refractivity contribution in [3.8, 4) is 61.8 Å². The molecule has 11 aromatic rings. The molecule has 1 aliphatic heterocycles. The summed E-state index contributed by atoms with van der Waals surface area (Å²) in [6.45, 7) is 22.0. The minimum Gasteiger partial charge on any atom is -0.509 e. The van der Waals surface area contributed by atoms with E-state index in [-0.39, 0.29) is 43.7 Å². The first kappa shape index (κ1) is 55.6. The van der Waals surface area contributed by atoms with Crippen LogP contribution in [0.2, 0.25) is 0 Å². The van der Waals surface area contributed by atoms with Gasteiger partial charge in [-0.3, -0.25) is 0 Å². The Hall–Kier alpha value is -8.34. The number of hydrogen-bond acceptors (Lipinski definition) is 2. The molecule has 0 saturated heterocycles. The van der Waals surface area contributed by atoms with E-state index in [1.165, 1.54) is 28.8 Å². The Balaban J connectivity index is 0.00000705. The average molecular weight is 1260 g/mol. The van der Waals surface area contributed by atoms with Crippen LogP contribution >= 0.6 is 0 Å². The monoisotopic (exact) mass is 1260 g/mol. The fourth-order valence-corrected chi connectivity index (χ4v) is 11.0. The van der Waals surface area contributed by atoms with Gasteiger partial charge >= 0.3 is 27.1 Å². The first-order valence-electron chi connectivity index (χ1n) is 27.9. The molecule has 12 rings (SSSR count). The van der Waals surface area contributed by atoms with E-state index in [2.05, 4.69) is 236 Å². The summed E-state index contributed by atoms with van der Waals surface area (Å²) in [5, 5.41) is 2.12. The molecule has 5 nitrogen and oxygen atoms in total. The zero-order chi connectivity index (χ0) is 56.5. The van der Waals surface area contributed by atoms with Crippen molar-refractivity contribution in [2.75, 3.05) is 0 Å². The summed E-state index contributed by atoms with van der Waals surface area (Å²) in [6, 6.07) is 74.1. The zero-order valence-corrected chi connectivity index (χ0v) is 50.2. The number of pyridine rings is 1. The molecule has 0 fully saturated rings. The first-order chi connectivity index (χ1) is 38.8. The minimum atomic E-state index is -0.654. The van der Waals surface area contributed by atoms with E-state index in [1.807, 2.05) is 41.1 Å².